The van der Waals surface area contributed by atoms with Crippen LogP contribution in [-0.4, -0.2) is 37.9 Å². The maximum absolute atomic E-state index is 16.2. The quantitative estimate of drug-likeness (QED) is 0.699. The van der Waals surface area contributed by atoms with Crippen LogP contribution in [0.1, 0.15) is 54.6 Å². The van der Waals surface area contributed by atoms with Crippen molar-refractivity contribution in [3.8, 4) is 0 Å². The van der Waals surface area contributed by atoms with E-state index in [1.807, 2.05) is 0 Å². The second-order valence-corrected chi connectivity index (χ2v) is 7.61. The number of hydrogen-bond acceptors (Lipinski definition) is 6. The molecule has 9 nitrogen and oxygen atoms in total. The molecule has 31 heavy (non-hydrogen) atoms. The van der Waals surface area contributed by atoms with Gasteiger partial charge in [-0.05, 0) is 38.0 Å². The van der Waals surface area contributed by atoms with Gasteiger partial charge in [-0.3, -0.25) is 19.1 Å². The Morgan fingerprint density at radius 1 is 1.29 bits per heavy atom. The fraction of sp³-hybridized carbons (Fsp3) is 0.400. The first-order valence-corrected chi connectivity index (χ1v) is 9.19. The maximum atomic E-state index is 16.2. The predicted octanol–water partition coefficient (Wildman–Crippen LogP) is 2.00. The van der Waals surface area contributed by atoms with Crippen LogP contribution in [0.25, 0.3) is 0 Å². The third-order valence-electron chi connectivity index (χ3n) is 5.62. The zero-order valence-electron chi connectivity index (χ0n) is 17.1. The highest BCUT2D eigenvalue weighted by Gasteiger charge is 2.67. The lowest BCUT2D eigenvalue weighted by Gasteiger charge is -2.37. The molecule has 0 saturated carbocycles. The van der Waals surface area contributed by atoms with E-state index in [4.69, 9.17) is 9.47 Å². The van der Waals surface area contributed by atoms with Gasteiger partial charge in [0, 0.05) is 6.92 Å². The second-order valence-electron chi connectivity index (χ2n) is 7.61. The number of nitrogens with one attached hydrogen (secondary N) is 1. The molecule has 0 unspecified atom stereocenters. The number of carboxylic acids is 1. The molecule has 0 radical (unpaired) electrons. The molecule has 0 spiro atoms. The summed E-state index contributed by atoms with van der Waals surface area (Å²) in [7, 11) is 0. The number of aromatic amines is 1. The van der Waals surface area contributed by atoms with E-state index in [-0.39, 0.29) is 16.7 Å². The molecule has 3 rings (SSSR count). The highest BCUT2D eigenvalue weighted by Crippen LogP contribution is 2.56. The summed E-state index contributed by atoms with van der Waals surface area (Å²) < 4.78 is 41.7. The van der Waals surface area contributed by atoms with Gasteiger partial charge in [-0.25, -0.2) is 14.0 Å². The van der Waals surface area contributed by atoms with Gasteiger partial charge in [0.2, 0.25) is 5.82 Å². The summed E-state index contributed by atoms with van der Waals surface area (Å²) in [5.41, 5.74) is -6.72. The third kappa shape index (κ3) is 3.44. The zero-order valence-corrected chi connectivity index (χ0v) is 17.1. The number of hydrogen-bond donors (Lipinski definition) is 2. The molecular weight excluding hydrogens is 418 g/mol. The van der Waals surface area contributed by atoms with Crippen molar-refractivity contribution in [2.75, 3.05) is 0 Å². The Bertz CT molecular complexity index is 1190. The summed E-state index contributed by atoms with van der Waals surface area (Å²) in [6.07, 6.45) is -2.67. The monoisotopic (exact) mass is 438 g/mol. The fourth-order valence-electron chi connectivity index (χ4n) is 3.84. The number of nitrogens with zero attached hydrogens (tertiary/aromatic N) is 1. The summed E-state index contributed by atoms with van der Waals surface area (Å²) in [5.74, 6) is -3.43. The van der Waals surface area contributed by atoms with E-state index in [2.05, 4.69) is 0 Å². The minimum absolute atomic E-state index is 0.0810. The van der Waals surface area contributed by atoms with Crippen molar-refractivity contribution in [3.63, 3.8) is 0 Å². The number of alkyl halides is 1. The normalized spacial score (nSPS) is 27.8. The molecule has 11 heteroatoms. The maximum Gasteiger partial charge on any atom is 0.335 e. The molecule has 166 valence electrons. The molecule has 1 aliphatic rings. The number of ether oxygens (including phenoxy) is 2. The van der Waals surface area contributed by atoms with Gasteiger partial charge in [-0.1, -0.05) is 12.1 Å². The molecule has 0 aliphatic carbocycles. The van der Waals surface area contributed by atoms with Crippen molar-refractivity contribution >= 4 is 11.9 Å². The number of carbonyl (C=O) groups is 2. The van der Waals surface area contributed by atoms with Gasteiger partial charge in [0.05, 0.1) is 11.8 Å². The first-order valence-electron chi connectivity index (χ1n) is 9.19. The topological polar surface area (TPSA) is 128 Å². The third-order valence-corrected chi connectivity index (χ3v) is 5.62. The Hall–Kier alpha value is -3.34. The van der Waals surface area contributed by atoms with Gasteiger partial charge in [0.15, 0.2) is 17.5 Å². The minimum Gasteiger partial charge on any atom is -0.478 e. The number of aromatic carboxylic acids is 1. The largest absolute Gasteiger partial charge is 0.478 e. The van der Waals surface area contributed by atoms with E-state index in [0.29, 0.717) is 10.8 Å². The summed E-state index contributed by atoms with van der Waals surface area (Å²) in [5, 5.41) is 9.41. The Labute approximate surface area is 174 Å². The van der Waals surface area contributed by atoms with Gasteiger partial charge < -0.3 is 14.6 Å². The van der Waals surface area contributed by atoms with Crippen molar-refractivity contribution in [1.82, 2.24) is 9.55 Å². The van der Waals surface area contributed by atoms with Crippen LogP contribution in [0, 0.1) is 12.7 Å². The van der Waals surface area contributed by atoms with Crippen molar-refractivity contribution < 1.29 is 33.0 Å². The molecule has 1 saturated heterocycles. The molecule has 0 amide bonds. The number of carboxylic acid groups (broad SMARTS) is 1. The number of carbonyl (C=O) groups excluding carboxylic acids is 1. The van der Waals surface area contributed by atoms with Crippen molar-refractivity contribution in [2.24, 2.45) is 0 Å². The number of aromatic nitrogens is 2. The van der Waals surface area contributed by atoms with Crippen LogP contribution in [0.2, 0.25) is 0 Å². The minimum atomic E-state index is -2.61. The molecular formula is C20H20F2N2O7. The van der Waals surface area contributed by atoms with Crippen molar-refractivity contribution in [2.45, 2.75) is 51.3 Å². The Balaban J connectivity index is 2.25. The average molecular weight is 438 g/mol. The first-order chi connectivity index (χ1) is 14.3. The number of benzene rings is 1. The highest BCUT2D eigenvalue weighted by atomic mass is 19.1. The molecule has 1 aliphatic heterocycles. The standard InChI is InChI=1S/C20H20F2N2O7/c1-9-11(6-5-7-12(9)16(27)28)14-20(4,31-10(2)25)19(3,22)17(30-14)24-8-13(21)15(26)23-18(24)29/h5-8,14,17H,1-4H3,(H,27,28)(H,23,26,29)/t14-,17-,19+,20-/m1/s1. The lowest BCUT2D eigenvalue weighted by Crippen LogP contribution is -2.52. The zero-order chi connectivity index (χ0) is 23.3. The molecule has 2 heterocycles. The van der Waals surface area contributed by atoms with Gasteiger partial charge in [0.25, 0.3) is 5.56 Å². The van der Waals surface area contributed by atoms with Crippen LogP contribution in [0.15, 0.2) is 34.0 Å². The Morgan fingerprint density at radius 3 is 2.52 bits per heavy atom. The number of esters is 1. The Morgan fingerprint density at radius 2 is 1.94 bits per heavy atom. The summed E-state index contributed by atoms with van der Waals surface area (Å²) in [4.78, 5) is 48.7. The molecule has 1 aromatic carbocycles. The molecule has 4 atom stereocenters. The van der Waals surface area contributed by atoms with Crippen molar-refractivity contribution in [3.05, 3.63) is 67.7 Å². The van der Waals surface area contributed by atoms with Crippen LogP contribution in [-0.2, 0) is 14.3 Å². The highest BCUT2D eigenvalue weighted by molar-refractivity contribution is 5.89. The van der Waals surface area contributed by atoms with Crippen LogP contribution in [0.3, 0.4) is 0 Å². The predicted molar refractivity (Wildman–Crippen MR) is 102 cm³/mol. The lowest BCUT2D eigenvalue weighted by molar-refractivity contribution is -0.174. The number of halogens is 2. The first kappa shape index (κ1) is 22.3. The van der Waals surface area contributed by atoms with Crippen LogP contribution >= 0.6 is 0 Å². The molecule has 1 aromatic heterocycles. The Kier molecular flexibility index (Phi) is 5.34. The molecule has 0 bridgehead atoms. The molecule has 2 N–H and O–H groups in total. The molecule has 2 aromatic rings. The summed E-state index contributed by atoms with van der Waals surface area (Å²) in [6, 6.07) is 4.23. The lowest BCUT2D eigenvalue weighted by atomic mass is 9.80. The van der Waals surface area contributed by atoms with Crippen molar-refractivity contribution in [1.29, 1.82) is 0 Å². The second kappa shape index (κ2) is 7.41. The van der Waals surface area contributed by atoms with E-state index < -0.39 is 52.6 Å². The van der Waals surface area contributed by atoms with E-state index in [9.17, 15) is 28.7 Å². The fourth-order valence-corrected chi connectivity index (χ4v) is 3.84. The summed E-state index contributed by atoms with van der Waals surface area (Å²) in [6.45, 7) is 4.77. The molecule has 1 fully saturated rings. The number of rotatable bonds is 4. The van der Waals surface area contributed by atoms with Gasteiger partial charge in [0.1, 0.15) is 6.10 Å². The van der Waals surface area contributed by atoms with Gasteiger partial charge in [-0.15, -0.1) is 0 Å². The van der Waals surface area contributed by atoms with E-state index >= 15 is 4.39 Å². The van der Waals surface area contributed by atoms with Crippen LogP contribution in [0.5, 0.6) is 0 Å². The summed E-state index contributed by atoms with van der Waals surface area (Å²) >= 11 is 0. The van der Waals surface area contributed by atoms with Gasteiger partial charge >= 0.3 is 17.6 Å². The number of H-pyrrole nitrogens is 1. The smallest absolute Gasteiger partial charge is 0.335 e. The van der Waals surface area contributed by atoms with Crippen LogP contribution < -0.4 is 11.2 Å². The van der Waals surface area contributed by atoms with Crippen LogP contribution in [0.4, 0.5) is 8.78 Å². The van der Waals surface area contributed by atoms with E-state index in [1.165, 1.54) is 32.0 Å². The van der Waals surface area contributed by atoms with Gasteiger partial charge in [-0.2, -0.15) is 4.39 Å². The van der Waals surface area contributed by atoms with E-state index in [0.717, 1.165) is 13.8 Å². The van der Waals surface area contributed by atoms with E-state index in [1.54, 1.807) is 4.98 Å². The average Bonchev–Trinajstić information content (AvgIpc) is 2.84. The SMILES string of the molecule is CC(=O)O[C@]1(C)[C@@H](c2cccc(C(=O)O)c2C)O[C@@H](n2cc(F)c(=O)[nH]c2=O)[C@]1(C)F.